The Morgan fingerprint density at radius 1 is 0.846 bits per heavy atom. The van der Waals surface area contributed by atoms with Crippen LogP contribution in [-0.4, -0.2) is 23.4 Å². The van der Waals surface area contributed by atoms with Crippen LogP contribution in [0.1, 0.15) is 43.2 Å². The van der Waals surface area contributed by atoms with Gasteiger partial charge in [0.05, 0.1) is 0 Å². The number of rotatable bonds is 4. The average Bonchev–Trinajstić information content (AvgIpc) is 2.96. The average molecular weight is 348 g/mol. The zero-order chi connectivity index (χ0) is 18.0. The van der Waals surface area contributed by atoms with Crippen LogP contribution in [0.15, 0.2) is 60.7 Å². The first-order chi connectivity index (χ1) is 12.7. The molecular weight excluding hydrogens is 324 g/mol. The Hall–Kier alpha value is -2.62. The molecule has 3 amide bonds. The van der Waals surface area contributed by atoms with Gasteiger partial charge in [0.15, 0.2) is 5.54 Å². The molecule has 1 heterocycles. The van der Waals surface area contributed by atoms with Crippen molar-refractivity contribution in [3.63, 3.8) is 0 Å². The molecule has 0 atom stereocenters. The fraction of sp³-hybridized carbons (Fsp3) is 0.364. The number of hydrogen-bond donors (Lipinski definition) is 1. The highest BCUT2D eigenvalue weighted by Gasteiger charge is 2.53. The van der Waals surface area contributed by atoms with Crippen molar-refractivity contribution in [3.05, 3.63) is 71.8 Å². The lowest BCUT2D eigenvalue weighted by atomic mass is 9.82. The van der Waals surface area contributed by atoms with E-state index in [1.807, 2.05) is 60.7 Å². The van der Waals surface area contributed by atoms with Gasteiger partial charge in [-0.3, -0.25) is 9.69 Å². The molecule has 1 N–H and O–H groups in total. The molecule has 1 aliphatic heterocycles. The largest absolute Gasteiger partial charge is 0.325 e. The number of nitrogens with one attached hydrogen (secondary N) is 1. The number of amides is 3. The Morgan fingerprint density at radius 3 is 1.92 bits per heavy atom. The number of hydrogen-bond acceptors (Lipinski definition) is 2. The van der Waals surface area contributed by atoms with Crippen LogP contribution in [0.4, 0.5) is 4.79 Å². The van der Waals surface area contributed by atoms with Crippen LogP contribution >= 0.6 is 0 Å². The third-order valence-corrected chi connectivity index (χ3v) is 5.68. The van der Waals surface area contributed by atoms with Crippen LogP contribution in [0, 0.1) is 5.92 Å². The summed E-state index contributed by atoms with van der Waals surface area (Å²) in [7, 11) is 0. The van der Waals surface area contributed by atoms with Crippen LogP contribution < -0.4 is 5.32 Å². The molecule has 26 heavy (non-hydrogen) atoms. The molecule has 134 valence electrons. The zero-order valence-corrected chi connectivity index (χ0v) is 14.9. The standard InChI is InChI=1S/C22H24N2O2/c25-20-22(18-12-6-2-7-13-18,19-14-8-3-9-15-19)23-21(26)24(20)16-17-10-4-1-5-11-17/h2-3,6-9,12-15,17H,1,4-5,10-11,16H2,(H,23,26). The number of urea groups is 1. The lowest BCUT2D eigenvalue weighted by molar-refractivity contribution is -0.130. The fourth-order valence-electron chi connectivity index (χ4n) is 4.30. The minimum Gasteiger partial charge on any atom is -0.315 e. The quantitative estimate of drug-likeness (QED) is 0.847. The van der Waals surface area contributed by atoms with Crippen LogP contribution in [0.3, 0.4) is 0 Å². The summed E-state index contributed by atoms with van der Waals surface area (Å²) in [4.78, 5) is 27.8. The van der Waals surface area contributed by atoms with Gasteiger partial charge in [0, 0.05) is 6.54 Å². The molecule has 4 heteroatoms. The van der Waals surface area contributed by atoms with E-state index >= 15 is 0 Å². The third kappa shape index (κ3) is 2.79. The smallest absolute Gasteiger partial charge is 0.315 e. The van der Waals surface area contributed by atoms with Crippen molar-refractivity contribution >= 4 is 11.9 Å². The highest BCUT2D eigenvalue weighted by Crippen LogP contribution is 2.37. The lowest BCUT2D eigenvalue weighted by Crippen LogP contribution is -2.45. The Balaban J connectivity index is 1.73. The molecule has 1 saturated carbocycles. The summed E-state index contributed by atoms with van der Waals surface area (Å²) in [5.41, 5.74) is 0.472. The maximum absolute atomic E-state index is 13.6. The minimum atomic E-state index is -1.13. The summed E-state index contributed by atoms with van der Waals surface area (Å²) >= 11 is 0. The fourth-order valence-corrected chi connectivity index (χ4v) is 4.30. The Kier molecular flexibility index (Phi) is 4.49. The van der Waals surface area contributed by atoms with Crippen molar-refractivity contribution in [2.45, 2.75) is 37.6 Å². The van der Waals surface area contributed by atoms with Crippen LogP contribution in [0.5, 0.6) is 0 Å². The highest BCUT2D eigenvalue weighted by atomic mass is 16.2. The van der Waals surface area contributed by atoms with E-state index in [9.17, 15) is 9.59 Å². The molecule has 1 aliphatic carbocycles. The summed E-state index contributed by atoms with van der Waals surface area (Å²) in [6.07, 6.45) is 5.84. The number of nitrogens with zero attached hydrogens (tertiary/aromatic N) is 1. The Labute approximate surface area is 154 Å². The molecule has 0 unspecified atom stereocenters. The van der Waals surface area contributed by atoms with Gasteiger partial charge in [0.25, 0.3) is 5.91 Å². The maximum Gasteiger partial charge on any atom is 0.325 e. The third-order valence-electron chi connectivity index (χ3n) is 5.68. The molecule has 2 aliphatic rings. The molecule has 2 fully saturated rings. The monoisotopic (exact) mass is 348 g/mol. The van der Waals surface area contributed by atoms with Gasteiger partial charge in [-0.15, -0.1) is 0 Å². The van der Waals surface area contributed by atoms with Crippen molar-refractivity contribution in [2.75, 3.05) is 6.54 Å². The second kappa shape index (κ2) is 6.94. The van der Waals surface area contributed by atoms with E-state index in [0.717, 1.165) is 24.0 Å². The number of carbonyl (C=O) groups is 2. The molecule has 4 nitrogen and oxygen atoms in total. The Bertz CT molecular complexity index is 743. The van der Waals surface area contributed by atoms with Crippen LogP contribution in [0.2, 0.25) is 0 Å². The van der Waals surface area contributed by atoms with Gasteiger partial charge < -0.3 is 5.32 Å². The van der Waals surface area contributed by atoms with Gasteiger partial charge in [0.2, 0.25) is 0 Å². The topological polar surface area (TPSA) is 49.4 Å². The van der Waals surface area contributed by atoms with Crippen LogP contribution in [0.25, 0.3) is 0 Å². The number of benzene rings is 2. The summed E-state index contributed by atoms with van der Waals surface area (Å²) in [5.74, 6) is 0.256. The van der Waals surface area contributed by atoms with Gasteiger partial charge in [-0.2, -0.15) is 0 Å². The first-order valence-corrected chi connectivity index (χ1v) is 9.47. The number of imide groups is 1. The van der Waals surface area contributed by atoms with E-state index < -0.39 is 5.54 Å². The molecule has 4 rings (SSSR count). The summed E-state index contributed by atoms with van der Waals surface area (Å²) in [6, 6.07) is 18.8. The molecule has 0 spiro atoms. The second-order valence-corrected chi connectivity index (χ2v) is 7.33. The van der Waals surface area contributed by atoms with Crippen LogP contribution in [-0.2, 0) is 10.3 Å². The summed E-state index contributed by atoms with van der Waals surface area (Å²) in [6.45, 7) is 0.520. The van der Waals surface area contributed by atoms with Gasteiger partial charge in [-0.1, -0.05) is 79.9 Å². The van der Waals surface area contributed by atoms with E-state index in [1.54, 1.807) is 0 Å². The SMILES string of the molecule is O=C1NC(c2ccccc2)(c2ccccc2)C(=O)N1CC1CCCCC1. The van der Waals surface area contributed by atoms with Crippen molar-refractivity contribution in [2.24, 2.45) is 5.92 Å². The van der Waals surface area contributed by atoms with Crippen molar-refractivity contribution in [1.29, 1.82) is 0 Å². The molecule has 0 radical (unpaired) electrons. The van der Waals surface area contributed by atoms with Crippen molar-refractivity contribution in [1.82, 2.24) is 10.2 Å². The molecule has 2 aromatic carbocycles. The highest BCUT2D eigenvalue weighted by molar-refractivity contribution is 6.09. The van der Waals surface area contributed by atoms with Gasteiger partial charge in [-0.25, -0.2) is 4.79 Å². The van der Waals surface area contributed by atoms with E-state index in [0.29, 0.717) is 12.5 Å². The Morgan fingerprint density at radius 2 is 1.38 bits per heavy atom. The first-order valence-electron chi connectivity index (χ1n) is 9.47. The molecule has 2 aromatic rings. The molecule has 1 saturated heterocycles. The summed E-state index contributed by atoms with van der Waals surface area (Å²) in [5, 5.41) is 3.03. The van der Waals surface area contributed by atoms with Gasteiger partial charge in [0.1, 0.15) is 0 Å². The van der Waals surface area contributed by atoms with Crippen molar-refractivity contribution in [3.8, 4) is 0 Å². The lowest BCUT2D eigenvalue weighted by Gasteiger charge is -2.29. The van der Waals surface area contributed by atoms with E-state index in [2.05, 4.69) is 5.32 Å². The molecule has 0 bridgehead atoms. The normalized spacial score (nSPS) is 20.2. The van der Waals surface area contributed by atoms with E-state index in [-0.39, 0.29) is 11.9 Å². The van der Waals surface area contributed by atoms with Gasteiger partial charge in [-0.05, 0) is 29.9 Å². The minimum absolute atomic E-state index is 0.162. The summed E-state index contributed by atoms with van der Waals surface area (Å²) < 4.78 is 0. The second-order valence-electron chi connectivity index (χ2n) is 7.33. The zero-order valence-electron chi connectivity index (χ0n) is 14.9. The molecule has 0 aromatic heterocycles. The maximum atomic E-state index is 13.6. The predicted molar refractivity (Wildman–Crippen MR) is 100 cm³/mol. The predicted octanol–water partition coefficient (Wildman–Crippen LogP) is 4.06. The van der Waals surface area contributed by atoms with Gasteiger partial charge >= 0.3 is 6.03 Å². The first kappa shape index (κ1) is 16.8. The van der Waals surface area contributed by atoms with E-state index in [1.165, 1.54) is 24.2 Å². The molecular formula is C22H24N2O2. The number of carbonyl (C=O) groups excluding carboxylic acids is 2. The van der Waals surface area contributed by atoms with E-state index in [4.69, 9.17) is 0 Å². The van der Waals surface area contributed by atoms with Crippen molar-refractivity contribution < 1.29 is 9.59 Å².